The second-order valence-corrected chi connectivity index (χ2v) is 12.2. The van der Waals surface area contributed by atoms with Gasteiger partial charge in [0.25, 0.3) is 0 Å². The fourth-order valence-corrected chi connectivity index (χ4v) is 5.01. The van der Waals surface area contributed by atoms with Crippen molar-refractivity contribution in [3.63, 3.8) is 0 Å². The summed E-state index contributed by atoms with van der Waals surface area (Å²) < 4.78 is 32.2. The zero-order chi connectivity index (χ0) is 38.6. The van der Waals surface area contributed by atoms with E-state index in [1.165, 1.54) is 18.7 Å². The third-order valence-electron chi connectivity index (χ3n) is 7.92. The third kappa shape index (κ3) is 16.6. The van der Waals surface area contributed by atoms with Gasteiger partial charge in [-0.25, -0.2) is 0 Å². The van der Waals surface area contributed by atoms with Crippen LogP contribution >= 0.6 is 0 Å². The Morgan fingerprint density at radius 1 is 0.538 bits per heavy atom. The molecule has 0 spiro atoms. The molecule has 10 atom stereocenters. The Balaban J connectivity index is 1.78. The lowest BCUT2D eigenvalue weighted by molar-refractivity contribution is -0.292. The van der Waals surface area contributed by atoms with Crippen molar-refractivity contribution in [2.45, 2.75) is 88.6 Å². The molecule has 2 aliphatic heterocycles. The largest absolute Gasteiger partial charge is 0.388 e. The summed E-state index contributed by atoms with van der Waals surface area (Å²) in [7, 11) is 0. The van der Waals surface area contributed by atoms with E-state index in [2.05, 4.69) is 21.3 Å². The molecule has 0 aromatic rings. The number of rotatable bonds is 24. The number of amides is 4. The average Bonchev–Trinajstić information content (AvgIpc) is 3.10. The van der Waals surface area contributed by atoms with Crippen LogP contribution in [0.2, 0.25) is 0 Å². The number of aliphatic hydroxyl groups is 6. The summed E-state index contributed by atoms with van der Waals surface area (Å²) in [4.78, 5) is 50.8. The minimum absolute atomic E-state index is 0.0472. The van der Waals surface area contributed by atoms with E-state index in [1.807, 2.05) is 6.92 Å². The molecule has 4 amide bonds. The quantitative estimate of drug-likeness (QED) is 0.0410. The van der Waals surface area contributed by atoms with Crippen LogP contribution in [0.3, 0.4) is 0 Å². The highest BCUT2D eigenvalue weighted by atomic mass is 16.7. The number of carbonyl (C=O) groups excluding carboxylic acids is 4. The first-order valence-electron chi connectivity index (χ1n) is 17.3. The number of nitrogens with one attached hydrogen (secondary N) is 4. The van der Waals surface area contributed by atoms with E-state index in [1.54, 1.807) is 0 Å². The van der Waals surface area contributed by atoms with Gasteiger partial charge in [-0.2, -0.15) is 0 Å². The summed E-state index contributed by atoms with van der Waals surface area (Å²) in [5.41, 5.74) is 0. The molecule has 52 heavy (non-hydrogen) atoms. The number of ether oxygens (including phenoxy) is 6. The fraction of sp³-hybridized carbons (Fsp3) is 0.871. The summed E-state index contributed by atoms with van der Waals surface area (Å²) in [6.45, 7) is 5.00. The van der Waals surface area contributed by atoms with E-state index in [4.69, 9.17) is 28.4 Å². The van der Waals surface area contributed by atoms with E-state index < -0.39 is 79.1 Å². The van der Waals surface area contributed by atoms with Crippen LogP contribution in [-0.4, -0.2) is 206 Å². The van der Waals surface area contributed by atoms with Crippen LogP contribution in [0.15, 0.2) is 0 Å². The van der Waals surface area contributed by atoms with E-state index in [-0.39, 0.29) is 91.2 Å². The molecule has 2 fully saturated rings. The normalized spacial score (nSPS) is 29.0. The molecule has 21 nitrogen and oxygen atoms in total. The van der Waals surface area contributed by atoms with Crippen molar-refractivity contribution in [1.29, 1.82) is 0 Å². The molecule has 0 aromatic heterocycles. The fourth-order valence-electron chi connectivity index (χ4n) is 5.01. The molecule has 0 unspecified atom stereocenters. The van der Waals surface area contributed by atoms with E-state index in [0.29, 0.717) is 6.54 Å². The molecule has 21 heteroatoms. The Morgan fingerprint density at radius 2 is 0.942 bits per heavy atom. The van der Waals surface area contributed by atoms with Gasteiger partial charge in [-0.1, -0.05) is 0 Å². The van der Waals surface area contributed by atoms with Crippen molar-refractivity contribution in [3.8, 4) is 0 Å². The summed E-state index contributed by atoms with van der Waals surface area (Å²) in [6, 6.07) is 0. The number of hydrogen-bond donors (Lipinski definition) is 10. The predicted octanol–water partition coefficient (Wildman–Crippen LogP) is -6.12. The van der Waals surface area contributed by atoms with Crippen molar-refractivity contribution in [1.82, 2.24) is 26.2 Å². The van der Waals surface area contributed by atoms with Gasteiger partial charge >= 0.3 is 0 Å². The molecule has 0 aliphatic carbocycles. The molecule has 2 aliphatic rings. The number of aliphatic hydroxyl groups excluding tert-OH is 6. The lowest BCUT2D eigenvalue weighted by atomic mass is 10.0. The van der Waals surface area contributed by atoms with Crippen molar-refractivity contribution >= 4 is 23.6 Å². The van der Waals surface area contributed by atoms with Crippen molar-refractivity contribution in [3.05, 3.63) is 0 Å². The van der Waals surface area contributed by atoms with Gasteiger partial charge in [-0.15, -0.1) is 0 Å². The molecule has 0 aromatic carbocycles. The summed E-state index contributed by atoms with van der Waals surface area (Å²) in [5.74, 6) is -1.72. The number of carbonyl (C=O) groups is 4. The zero-order valence-corrected chi connectivity index (χ0v) is 29.9. The topological polar surface area (TPSA) is 296 Å². The Hall–Kier alpha value is -2.64. The van der Waals surface area contributed by atoms with Gasteiger partial charge in [0, 0.05) is 32.6 Å². The molecule has 0 radical (unpaired) electrons. The Bertz CT molecular complexity index is 1020. The van der Waals surface area contributed by atoms with Gasteiger partial charge in [0.05, 0.1) is 71.5 Å². The molecule has 10 N–H and O–H groups in total. The smallest absolute Gasteiger partial charge is 0.234 e. The summed E-state index contributed by atoms with van der Waals surface area (Å²) in [6.07, 6.45) is -12.4. The zero-order valence-electron chi connectivity index (χ0n) is 29.9. The maximum atomic E-state index is 12.7. The first-order chi connectivity index (χ1) is 24.7. The molecular weight excluding hydrogens is 698 g/mol. The van der Waals surface area contributed by atoms with Gasteiger partial charge in [-0.05, 0) is 20.8 Å². The van der Waals surface area contributed by atoms with Gasteiger partial charge in [0.1, 0.15) is 36.6 Å². The lowest BCUT2D eigenvalue weighted by Crippen LogP contribution is -2.57. The Kier molecular flexibility index (Phi) is 21.6. The van der Waals surface area contributed by atoms with E-state index in [0.717, 1.165) is 0 Å². The monoisotopic (exact) mass is 755 g/mol. The Labute approximate surface area is 302 Å². The maximum absolute atomic E-state index is 12.7. The standard InChI is InChI=1S/C31H57N5O16/c1-4-32-20(37)5-9-47-13-14-48-10-6-33-21(38)15-36(16-22(39)34-7-11-49-30-28(45)26(43)24(41)18(2)51-30)17-23(40)35-8-12-50-31-29(46)27(44)25(42)19(3)52-31/h18-19,24-31,41-46H,4-17H2,1-3H3,(H,32,37)(H,33,38)(H,34,39)(H,35,40)/t18-,19-,24+,25+,26+,27+,28-,29-,30+,31+/m0/s1. The van der Waals surface area contributed by atoms with Gasteiger partial charge in [0.2, 0.25) is 23.6 Å². The van der Waals surface area contributed by atoms with Gasteiger partial charge < -0.3 is 80.3 Å². The maximum Gasteiger partial charge on any atom is 0.234 e. The lowest BCUT2D eigenvalue weighted by Gasteiger charge is -2.38. The average molecular weight is 756 g/mol. The first kappa shape index (κ1) is 45.5. The van der Waals surface area contributed by atoms with Crippen LogP contribution in [0.4, 0.5) is 0 Å². The minimum Gasteiger partial charge on any atom is -0.388 e. The molecule has 2 heterocycles. The van der Waals surface area contributed by atoms with Crippen LogP contribution in [0.5, 0.6) is 0 Å². The van der Waals surface area contributed by atoms with Crippen molar-refractivity contribution < 1.29 is 78.2 Å². The molecule has 2 rings (SSSR count). The highest BCUT2D eigenvalue weighted by molar-refractivity contribution is 5.84. The van der Waals surface area contributed by atoms with Gasteiger partial charge in [0.15, 0.2) is 12.6 Å². The highest BCUT2D eigenvalue weighted by Crippen LogP contribution is 2.22. The molecule has 0 saturated carbocycles. The molecule has 2 saturated heterocycles. The van der Waals surface area contributed by atoms with Crippen LogP contribution in [0.25, 0.3) is 0 Å². The molecular formula is C31H57N5O16. The van der Waals surface area contributed by atoms with Crippen molar-refractivity contribution in [2.75, 3.05) is 85.5 Å². The Morgan fingerprint density at radius 3 is 1.37 bits per heavy atom. The van der Waals surface area contributed by atoms with Crippen LogP contribution in [-0.2, 0) is 47.6 Å². The molecule has 0 bridgehead atoms. The van der Waals surface area contributed by atoms with E-state index in [9.17, 15) is 49.8 Å². The SMILES string of the molecule is CCNC(=O)CCOCCOCCNC(=O)CN(CC(=O)NCCO[C@@H]1O[C@@H](C)[C@@H](O)[C@@H](O)[C@@H]1O)CC(=O)NCCO[C@@H]1O[C@@H](C)[C@@H](O)[C@@H](O)[C@@H]1O. The van der Waals surface area contributed by atoms with Crippen LogP contribution in [0.1, 0.15) is 27.2 Å². The van der Waals surface area contributed by atoms with E-state index >= 15 is 0 Å². The van der Waals surface area contributed by atoms with Crippen LogP contribution < -0.4 is 21.3 Å². The highest BCUT2D eigenvalue weighted by Gasteiger charge is 2.43. The summed E-state index contributed by atoms with van der Waals surface area (Å²) in [5, 5.41) is 70.1. The van der Waals surface area contributed by atoms with Gasteiger partial charge in [-0.3, -0.25) is 24.1 Å². The number of hydrogen-bond acceptors (Lipinski definition) is 17. The van der Waals surface area contributed by atoms with Crippen LogP contribution in [0, 0.1) is 0 Å². The predicted molar refractivity (Wildman–Crippen MR) is 177 cm³/mol. The third-order valence-corrected chi connectivity index (χ3v) is 7.92. The number of nitrogens with zero attached hydrogens (tertiary/aromatic N) is 1. The molecule has 302 valence electrons. The van der Waals surface area contributed by atoms with Crippen molar-refractivity contribution in [2.24, 2.45) is 0 Å². The second-order valence-electron chi connectivity index (χ2n) is 12.2. The summed E-state index contributed by atoms with van der Waals surface area (Å²) >= 11 is 0. The minimum atomic E-state index is -1.51. The second kappa shape index (κ2) is 24.6. The first-order valence-corrected chi connectivity index (χ1v) is 17.3.